The van der Waals surface area contributed by atoms with Crippen molar-refractivity contribution in [3.63, 3.8) is 0 Å². The number of aryl methyl sites for hydroxylation is 2. The Morgan fingerprint density at radius 1 is 1.23 bits per heavy atom. The molecule has 0 spiro atoms. The summed E-state index contributed by atoms with van der Waals surface area (Å²) in [5.41, 5.74) is 0. The second-order valence-electron chi connectivity index (χ2n) is 7.66. The zero-order valence-corrected chi connectivity index (χ0v) is 22.2. The molecule has 1 saturated heterocycles. The minimum absolute atomic E-state index is 0. The lowest BCUT2D eigenvalue weighted by Crippen LogP contribution is -2.46. The number of rotatable bonds is 9. The molecule has 3 rings (SSSR count). The molecule has 1 aliphatic heterocycles. The van der Waals surface area contributed by atoms with Gasteiger partial charge in [-0.2, -0.15) is 0 Å². The predicted molar refractivity (Wildman–Crippen MR) is 137 cm³/mol. The van der Waals surface area contributed by atoms with Gasteiger partial charge in [0.25, 0.3) is 0 Å². The van der Waals surface area contributed by atoms with Crippen LogP contribution in [0.3, 0.4) is 0 Å². The molecule has 2 aromatic rings. The van der Waals surface area contributed by atoms with Gasteiger partial charge in [0.15, 0.2) is 11.8 Å². The van der Waals surface area contributed by atoms with Crippen molar-refractivity contribution in [2.75, 3.05) is 39.4 Å². The van der Waals surface area contributed by atoms with E-state index in [2.05, 4.69) is 51.7 Å². The summed E-state index contributed by atoms with van der Waals surface area (Å²) in [6, 6.07) is 4.77. The van der Waals surface area contributed by atoms with Crippen LogP contribution in [0.15, 0.2) is 17.1 Å². The second-order valence-corrected chi connectivity index (χ2v) is 8.98. The molecule has 1 unspecified atom stereocenters. The van der Waals surface area contributed by atoms with E-state index in [-0.39, 0.29) is 24.0 Å². The van der Waals surface area contributed by atoms with Crippen LogP contribution in [0.5, 0.6) is 0 Å². The summed E-state index contributed by atoms with van der Waals surface area (Å²) in [4.78, 5) is 10.0. The van der Waals surface area contributed by atoms with E-state index in [1.807, 2.05) is 29.9 Å². The van der Waals surface area contributed by atoms with E-state index in [9.17, 15) is 0 Å². The maximum Gasteiger partial charge on any atom is 0.191 e. The standard InChI is InChI=1S/C21H35N7OS.HI/c1-5-6-9-22-21(24-15-20-26-25-17(3)27(20)4)23-14-18(19-8-7-16(2)30-19)28-10-12-29-13-11-28;/h7-8,18H,5-6,9-15H2,1-4H3,(H2,22,23,24);1H. The van der Waals surface area contributed by atoms with E-state index in [1.54, 1.807) is 0 Å². The number of aliphatic imine (C=N–C) groups is 1. The number of aromatic nitrogens is 3. The maximum absolute atomic E-state index is 5.57. The molecule has 31 heavy (non-hydrogen) atoms. The van der Waals surface area contributed by atoms with Crippen LogP contribution in [0.1, 0.15) is 47.2 Å². The number of thiophene rings is 1. The van der Waals surface area contributed by atoms with Gasteiger partial charge in [0, 0.05) is 43.0 Å². The summed E-state index contributed by atoms with van der Waals surface area (Å²) in [5, 5.41) is 15.4. The van der Waals surface area contributed by atoms with E-state index in [1.165, 1.54) is 9.75 Å². The van der Waals surface area contributed by atoms with Crippen LogP contribution in [0.25, 0.3) is 0 Å². The van der Waals surface area contributed by atoms with E-state index in [0.29, 0.717) is 12.6 Å². The number of nitrogens with zero attached hydrogens (tertiary/aromatic N) is 5. The van der Waals surface area contributed by atoms with Crippen molar-refractivity contribution < 1.29 is 4.74 Å². The highest BCUT2D eigenvalue weighted by atomic mass is 127. The fourth-order valence-corrected chi connectivity index (χ4v) is 4.43. The Kier molecular flexibility index (Phi) is 11.2. The number of halogens is 1. The van der Waals surface area contributed by atoms with Crippen LogP contribution in [0, 0.1) is 13.8 Å². The molecular weight excluding hydrogens is 525 g/mol. The van der Waals surface area contributed by atoms with Gasteiger partial charge >= 0.3 is 0 Å². The smallest absolute Gasteiger partial charge is 0.191 e. The Morgan fingerprint density at radius 2 is 2.00 bits per heavy atom. The Balaban J connectivity index is 0.00000341. The van der Waals surface area contributed by atoms with Crippen molar-refractivity contribution in [1.82, 2.24) is 30.3 Å². The lowest BCUT2D eigenvalue weighted by molar-refractivity contribution is 0.0177. The zero-order chi connectivity index (χ0) is 21.3. The third kappa shape index (κ3) is 7.69. The first-order valence-electron chi connectivity index (χ1n) is 10.8. The Bertz CT molecular complexity index is 817. The molecular formula is C21H36IN7OS. The SMILES string of the molecule is CCCCNC(=NCc1nnc(C)n1C)NCC(c1ccc(C)s1)N1CCOCC1.I. The molecule has 0 aliphatic carbocycles. The quantitative estimate of drug-likeness (QED) is 0.212. The van der Waals surface area contributed by atoms with Gasteiger partial charge in [-0.15, -0.1) is 45.5 Å². The van der Waals surface area contributed by atoms with Crippen molar-refractivity contribution in [3.05, 3.63) is 33.5 Å². The van der Waals surface area contributed by atoms with Gasteiger partial charge < -0.3 is 19.9 Å². The lowest BCUT2D eigenvalue weighted by Gasteiger charge is -2.34. The number of ether oxygens (including phenoxy) is 1. The van der Waals surface area contributed by atoms with Crippen LogP contribution >= 0.6 is 35.3 Å². The summed E-state index contributed by atoms with van der Waals surface area (Å²) >= 11 is 1.87. The highest BCUT2D eigenvalue weighted by molar-refractivity contribution is 14.0. The molecule has 1 fully saturated rings. The van der Waals surface area contributed by atoms with Crippen molar-refractivity contribution in [3.8, 4) is 0 Å². The molecule has 0 aromatic carbocycles. The summed E-state index contributed by atoms with van der Waals surface area (Å²) in [6.45, 7) is 12.0. The van der Waals surface area contributed by atoms with Gasteiger partial charge in [-0.05, 0) is 32.4 Å². The van der Waals surface area contributed by atoms with Gasteiger partial charge in [-0.3, -0.25) is 4.90 Å². The zero-order valence-electron chi connectivity index (χ0n) is 19.1. The molecule has 1 atom stereocenters. The molecule has 1 aliphatic rings. The molecule has 10 heteroatoms. The van der Waals surface area contributed by atoms with Crippen molar-refractivity contribution >= 4 is 41.3 Å². The molecule has 3 heterocycles. The first-order valence-corrected chi connectivity index (χ1v) is 11.6. The average Bonchev–Trinajstić information content (AvgIpc) is 3.32. The highest BCUT2D eigenvalue weighted by Crippen LogP contribution is 2.27. The Hall–Kier alpha value is -1.24. The third-order valence-electron chi connectivity index (χ3n) is 5.42. The first kappa shape index (κ1) is 26.0. The van der Waals surface area contributed by atoms with Crippen LogP contribution in [0.2, 0.25) is 0 Å². The van der Waals surface area contributed by atoms with Crippen LogP contribution in [-0.4, -0.2) is 65.0 Å². The topological polar surface area (TPSA) is 79.6 Å². The van der Waals surface area contributed by atoms with Gasteiger partial charge in [0.1, 0.15) is 12.4 Å². The minimum atomic E-state index is 0. The number of morpholine rings is 1. The van der Waals surface area contributed by atoms with E-state index in [0.717, 1.165) is 69.8 Å². The molecule has 2 aromatic heterocycles. The summed E-state index contributed by atoms with van der Waals surface area (Å²) in [6.07, 6.45) is 2.26. The molecule has 174 valence electrons. The summed E-state index contributed by atoms with van der Waals surface area (Å²) in [7, 11) is 1.98. The fraction of sp³-hybridized carbons (Fsp3) is 0.667. The van der Waals surface area contributed by atoms with E-state index in [4.69, 9.17) is 9.73 Å². The van der Waals surface area contributed by atoms with Crippen LogP contribution < -0.4 is 10.6 Å². The molecule has 0 amide bonds. The van der Waals surface area contributed by atoms with Gasteiger partial charge in [0.05, 0.1) is 19.3 Å². The fourth-order valence-electron chi connectivity index (χ4n) is 3.42. The van der Waals surface area contributed by atoms with Crippen molar-refractivity contribution in [2.45, 2.75) is 46.2 Å². The first-order chi connectivity index (χ1) is 14.6. The number of hydrogen-bond donors (Lipinski definition) is 2. The predicted octanol–water partition coefficient (Wildman–Crippen LogP) is 3.02. The van der Waals surface area contributed by atoms with Crippen LogP contribution in [0.4, 0.5) is 0 Å². The number of unbranched alkanes of at least 4 members (excludes halogenated alkanes) is 1. The molecule has 2 N–H and O–H groups in total. The Morgan fingerprint density at radius 3 is 2.61 bits per heavy atom. The molecule has 0 bridgehead atoms. The van der Waals surface area contributed by atoms with Crippen molar-refractivity contribution in [2.24, 2.45) is 12.0 Å². The van der Waals surface area contributed by atoms with E-state index < -0.39 is 0 Å². The van der Waals surface area contributed by atoms with Gasteiger partial charge in [0.2, 0.25) is 0 Å². The van der Waals surface area contributed by atoms with Crippen molar-refractivity contribution in [1.29, 1.82) is 0 Å². The van der Waals surface area contributed by atoms with Gasteiger partial charge in [-0.1, -0.05) is 13.3 Å². The Labute approximate surface area is 206 Å². The molecule has 0 saturated carbocycles. The normalized spacial score (nSPS) is 16.1. The lowest BCUT2D eigenvalue weighted by atomic mass is 10.2. The monoisotopic (exact) mass is 561 g/mol. The highest BCUT2D eigenvalue weighted by Gasteiger charge is 2.24. The van der Waals surface area contributed by atoms with Crippen LogP contribution in [-0.2, 0) is 18.3 Å². The largest absolute Gasteiger partial charge is 0.379 e. The second kappa shape index (κ2) is 13.3. The van der Waals surface area contributed by atoms with Gasteiger partial charge in [-0.25, -0.2) is 4.99 Å². The number of nitrogens with one attached hydrogen (secondary N) is 2. The summed E-state index contributed by atoms with van der Waals surface area (Å²) in [5.74, 6) is 2.59. The molecule has 0 radical (unpaired) electrons. The minimum Gasteiger partial charge on any atom is -0.379 e. The maximum atomic E-state index is 5.57. The number of hydrogen-bond acceptors (Lipinski definition) is 6. The number of guanidine groups is 1. The average molecular weight is 562 g/mol. The third-order valence-corrected chi connectivity index (χ3v) is 6.52. The molecule has 8 nitrogen and oxygen atoms in total. The summed E-state index contributed by atoms with van der Waals surface area (Å²) < 4.78 is 7.56. The van der Waals surface area contributed by atoms with E-state index >= 15 is 0 Å².